The summed E-state index contributed by atoms with van der Waals surface area (Å²) < 4.78 is 0. The molecular weight excluding hydrogens is 362 g/mol. The van der Waals surface area contributed by atoms with Crippen LogP contribution in [0.4, 0.5) is 0 Å². The second-order valence-corrected chi connectivity index (χ2v) is 9.59. The Labute approximate surface area is 163 Å². The minimum atomic E-state index is 0.261. The van der Waals surface area contributed by atoms with Gasteiger partial charge in [-0.1, -0.05) is 18.7 Å². The van der Waals surface area contributed by atoms with Crippen molar-refractivity contribution in [2.24, 2.45) is 5.92 Å². The van der Waals surface area contributed by atoms with E-state index in [1.54, 1.807) is 11.8 Å². The molecule has 0 spiro atoms. The third kappa shape index (κ3) is 3.91. The number of aromatic nitrogens is 2. The molecule has 0 aliphatic heterocycles. The van der Waals surface area contributed by atoms with Gasteiger partial charge in [0.15, 0.2) is 0 Å². The lowest BCUT2D eigenvalue weighted by Crippen LogP contribution is -2.34. The molecule has 0 aromatic carbocycles. The van der Waals surface area contributed by atoms with Crippen molar-refractivity contribution < 1.29 is 4.79 Å². The molecule has 2 heterocycles. The Bertz CT molecular complexity index is 813. The first-order valence-corrected chi connectivity index (χ1v) is 11.7. The molecule has 2 aromatic heterocycles. The smallest absolute Gasteiger partial charge is 0.232 e. The Kier molecular flexibility index (Phi) is 5.50. The fraction of sp³-hybridized carbons (Fsp3) is 0.650. The van der Waals surface area contributed by atoms with E-state index in [1.165, 1.54) is 47.9 Å². The van der Waals surface area contributed by atoms with Gasteiger partial charge in [-0.3, -0.25) is 4.79 Å². The van der Waals surface area contributed by atoms with Crippen LogP contribution >= 0.6 is 23.1 Å². The molecule has 140 valence electrons. The number of nitrogens with zero attached hydrogens (tertiary/aromatic N) is 3. The van der Waals surface area contributed by atoms with E-state index in [1.807, 2.05) is 18.3 Å². The first kappa shape index (κ1) is 18.2. The van der Waals surface area contributed by atoms with Crippen molar-refractivity contribution in [1.29, 1.82) is 0 Å². The van der Waals surface area contributed by atoms with Crippen molar-refractivity contribution in [3.8, 4) is 0 Å². The van der Waals surface area contributed by atoms with Gasteiger partial charge in [0.25, 0.3) is 0 Å². The SMILES string of the molecule is CCCN(CC1CC1)C(=O)CSc1nc(C)nc2sc3c(c12)CCCC3. The summed E-state index contributed by atoms with van der Waals surface area (Å²) in [5.41, 5.74) is 1.45. The highest BCUT2D eigenvalue weighted by Gasteiger charge is 2.27. The average Bonchev–Trinajstić information content (AvgIpc) is 3.37. The second kappa shape index (κ2) is 7.85. The zero-order valence-electron chi connectivity index (χ0n) is 15.7. The van der Waals surface area contributed by atoms with Gasteiger partial charge in [-0.05, 0) is 63.4 Å². The zero-order valence-corrected chi connectivity index (χ0v) is 17.3. The van der Waals surface area contributed by atoms with Gasteiger partial charge in [0.05, 0.1) is 5.75 Å². The molecule has 1 saturated carbocycles. The molecule has 4 rings (SSSR count). The maximum Gasteiger partial charge on any atom is 0.232 e. The Morgan fingerprint density at radius 2 is 2.08 bits per heavy atom. The molecule has 1 amide bonds. The first-order chi connectivity index (χ1) is 12.7. The van der Waals surface area contributed by atoms with Crippen molar-refractivity contribution in [3.63, 3.8) is 0 Å². The summed E-state index contributed by atoms with van der Waals surface area (Å²) in [4.78, 5) is 26.9. The van der Waals surface area contributed by atoms with E-state index in [9.17, 15) is 4.79 Å². The van der Waals surface area contributed by atoms with Gasteiger partial charge in [-0.2, -0.15) is 0 Å². The largest absolute Gasteiger partial charge is 0.342 e. The second-order valence-electron chi connectivity index (χ2n) is 7.54. The molecule has 6 heteroatoms. The zero-order chi connectivity index (χ0) is 18.1. The highest BCUT2D eigenvalue weighted by Crippen LogP contribution is 2.39. The van der Waals surface area contributed by atoms with E-state index in [0.29, 0.717) is 5.75 Å². The van der Waals surface area contributed by atoms with Crippen LogP contribution in [0.15, 0.2) is 5.03 Å². The van der Waals surface area contributed by atoms with Gasteiger partial charge < -0.3 is 4.90 Å². The van der Waals surface area contributed by atoms with Gasteiger partial charge in [0.1, 0.15) is 15.7 Å². The lowest BCUT2D eigenvalue weighted by atomic mass is 9.97. The van der Waals surface area contributed by atoms with Crippen LogP contribution in [0.25, 0.3) is 10.2 Å². The third-order valence-electron chi connectivity index (χ3n) is 5.25. The van der Waals surface area contributed by atoms with Gasteiger partial charge in [0.2, 0.25) is 5.91 Å². The minimum absolute atomic E-state index is 0.261. The van der Waals surface area contributed by atoms with E-state index in [-0.39, 0.29) is 5.91 Å². The van der Waals surface area contributed by atoms with Crippen molar-refractivity contribution in [2.45, 2.75) is 63.8 Å². The lowest BCUT2D eigenvalue weighted by Gasteiger charge is -2.22. The summed E-state index contributed by atoms with van der Waals surface area (Å²) in [6, 6.07) is 0. The molecule has 4 nitrogen and oxygen atoms in total. The number of carbonyl (C=O) groups excluding carboxylic acids is 1. The highest BCUT2D eigenvalue weighted by atomic mass is 32.2. The van der Waals surface area contributed by atoms with Crippen LogP contribution in [-0.4, -0.2) is 39.6 Å². The third-order valence-corrected chi connectivity index (χ3v) is 7.39. The number of aryl methyl sites for hydroxylation is 3. The standard InChI is InChI=1S/C20H27N3OS2/c1-3-10-23(11-14-8-9-14)17(24)12-25-19-18-15-6-4-5-7-16(15)26-20(18)22-13(2)21-19/h14H,3-12H2,1-2H3. The molecule has 0 atom stereocenters. The quantitative estimate of drug-likeness (QED) is 0.512. The van der Waals surface area contributed by atoms with E-state index in [4.69, 9.17) is 4.98 Å². The Morgan fingerprint density at radius 1 is 1.27 bits per heavy atom. The van der Waals surface area contributed by atoms with Gasteiger partial charge in [-0.25, -0.2) is 9.97 Å². The molecule has 0 radical (unpaired) electrons. The molecule has 26 heavy (non-hydrogen) atoms. The highest BCUT2D eigenvalue weighted by molar-refractivity contribution is 8.00. The maximum absolute atomic E-state index is 12.8. The summed E-state index contributed by atoms with van der Waals surface area (Å²) in [7, 11) is 0. The molecule has 0 unspecified atom stereocenters. The monoisotopic (exact) mass is 389 g/mol. The molecule has 0 bridgehead atoms. The number of thioether (sulfide) groups is 1. The van der Waals surface area contributed by atoms with Crippen LogP contribution in [0.5, 0.6) is 0 Å². The van der Waals surface area contributed by atoms with Crippen molar-refractivity contribution in [2.75, 3.05) is 18.8 Å². The fourth-order valence-corrected chi connectivity index (χ4v) is 6.13. The number of carbonyl (C=O) groups is 1. The molecule has 0 saturated heterocycles. The summed E-state index contributed by atoms with van der Waals surface area (Å²) in [6.45, 7) is 5.93. The molecule has 2 aliphatic rings. The number of amides is 1. The normalized spacial score (nSPS) is 16.7. The summed E-state index contributed by atoms with van der Waals surface area (Å²) in [5, 5.41) is 2.25. The average molecular weight is 390 g/mol. The summed E-state index contributed by atoms with van der Waals surface area (Å²) in [6.07, 6.45) is 8.43. The van der Waals surface area contributed by atoms with Crippen LogP contribution in [0.1, 0.15) is 55.3 Å². The van der Waals surface area contributed by atoms with E-state index in [2.05, 4.69) is 16.8 Å². The predicted molar refractivity (Wildman–Crippen MR) is 109 cm³/mol. The minimum Gasteiger partial charge on any atom is -0.342 e. The number of fused-ring (bicyclic) bond motifs is 3. The van der Waals surface area contributed by atoms with Gasteiger partial charge in [-0.15, -0.1) is 11.3 Å². The Hall–Kier alpha value is -1.14. The van der Waals surface area contributed by atoms with Crippen molar-refractivity contribution in [3.05, 3.63) is 16.3 Å². The number of hydrogen-bond donors (Lipinski definition) is 0. The number of hydrogen-bond acceptors (Lipinski definition) is 5. The maximum atomic E-state index is 12.8. The topological polar surface area (TPSA) is 46.1 Å². The molecule has 2 aromatic rings. The van der Waals surface area contributed by atoms with Crippen LogP contribution in [0, 0.1) is 12.8 Å². The summed E-state index contributed by atoms with van der Waals surface area (Å²) >= 11 is 3.45. The Morgan fingerprint density at radius 3 is 2.85 bits per heavy atom. The predicted octanol–water partition coefficient (Wildman–Crippen LogP) is 4.62. The fourth-order valence-electron chi connectivity index (χ4n) is 3.75. The van der Waals surface area contributed by atoms with E-state index in [0.717, 1.165) is 47.5 Å². The summed E-state index contributed by atoms with van der Waals surface area (Å²) in [5.74, 6) is 2.31. The van der Waals surface area contributed by atoms with Gasteiger partial charge >= 0.3 is 0 Å². The molecular formula is C20H27N3OS2. The van der Waals surface area contributed by atoms with Gasteiger partial charge in [0, 0.05) is 23.4 Å². The van der Waals surface area contributed by atoms with Crippen LogP contribution < -0.4 is 0 Å². The molecule has 2 aliphatic carbocycles. The van der Waals surface area contributed by atoms with E-state index >= 15 is 0 Å². The van der Waals surface area contributed by atoms with Crippen molar-refractivity contribution >= 4 is 39.2 Å². The van der Waals surface area contributed by atoms with Crippen LogP contribution in [0.2, 0.25) is 0 Å². The Balaban J connectivity index is 1.54. The lowest BCUT2D eigenvalue weighted by molar-refractivity contribution is -0.128. The molecule has 0 N–H and O–H groups in total. The molecule has 1 fully saturated rings. The van der Waals surface area contributed by atoms with E-state index < -0.39 is 0 Å². The van der Waals surface area contributed by atoms with Crippen molar-refractivity contribution in [1.82, 2.24) is 14.9 Å². The van der Waals surface area contributed by atoms with Crippen LogP contribution in [0.3, 0.4) is 0 Å². The number of thiophene rings is 1. The van der Waals surface area contributed by atoms with Crippen LogP contribution in [-0.2, 0) is 17.6 Å². The first-order valence-electron chi connectivity index (χ1n) is 9.85. The number of rotatable bonds is 7.